The maximum absolute atomic E-state index is 10.4. The molecule has 3 heteroatoms. The van der Waals surface area contributed by atoms with Crippen LogP contribution in [0.2, 0.25) is 0 Å². The number of rotatable bonds is 2. The van der Waals surface area contributed by atoms with E-state index in [0.717, 1.165) is 16.7 Å². The minimum absolute atomic E-state index is 0.745. The van der Waals surface area contributed by atoms with Crippen LogP contribution in [-0.2, 0) is 0 Å². The number of aldehydes is 1. The molecular formula is C8H7IOS. The van der Waals surface area contributed by atoms with Gasteiger partial charge in [0.25, 0.3) is 0 Å². The Morgan fingerprint density at radius 2 is 2.27 bits per heavy atom. The van der Waals surface area contributed by atoms with E-state index >= 15 is 0 Å². The zero-order valence-corrected chi connectivity index (χ0v) is 8.98. The van der Waals surface area contributed by atoms with Crippen LogP contribution in [0.1, 0.15) is 10.4 Å². The van der Waals surface area contributed by atoms with Gasteiger partial charge in [-0.15, -0.1) is 11.8 Å². The number of hydrogen-bond donors (Lipinski definition) is 0. The van der Waals surface area contributed by atoms with E-state index in [9.17, 15) is 4.79 Å². The molecule has 0 aliphatic carbocycles. The predicted molar refractivity (Wildman–Crippen MR) is 56.3 cm³/mol. The smallest absolute Gasteiger partial charge is 0.150 e. The van der Waals surface area contributed by atoms with Gasteiger partial charge in [-0.05, 0) is 41.0 Å². The van der Waals surface area contributed by atoms with E-state index in [2.05, 4.69) is 22.6 Å². The van der Waals surface area contributed by atoms with Crippen LogP contribution in [0.15, 0.2) is 23.1 Å². The fraction of sp³-hybridized carbons (Fsp3) is 0.125. The summed E-state index contributed by atoms with van der Waals surface area (Å²) in [7, 11) is 0. The highest BCUT2D eigenvalue weighted by Gasteiger charge is 1.98. The van der Waals surface area contributed by atoms with Crippen molar-refractivity contribution in [2.75, 3.05) is 6.26 Å². The number of benzene rings is 1. The first-order chi connectivity index (χ1) is 5.27. The molecule has 1 rings (SSSR count). The van der Waals surface area contributed by atoms with Crippen molar-refractivity contribution in [1.29, 1.82) is 0 Å². The molecule has 0 heterocycles. The summed E-state index contributed by atoms with van der Waals surface area (Å²) in [5.74, 6) is 0. The molecule has 0 N–H and O–H groups in total. The molecule has 0 saturated heterocycles. The number of carbonyl (C=O) groups excluding carboxylic acids is 1. The van der Waals surface area contributed by atoms with Crippen LogP contribution < -0.4 is 0 Å². The molecule has 58 valence electrons. The molecule has 0 spiro atoms. The summed E-state index contributed by atoms with van der Waals surface area (Å²) >= 11 is 3.92. The maximum Gasteiger partial charge on any atom is 0.150 e. The second kappa shape index (κ2) is 4.11. The van der Waals surface area contributed by atoms with Gasteiger partial charge in [0.2, 0.25) is 0 Å². The number of carbonyl (C=O) groups is 1. The van der Waals surface area contributed by atoms with Crippen LogP contribution >= 0.6 is 34.4 Å². The Hall–Kier alpha value is -0.0300. The fourth-order valence-electron chi connectivity index (χ4n) is 0.750. The van der Waals surface area contributed by atoms with Crippen molar-refractivity contribution >= 4 is 40.6 Å². The molecule has 0 radical (unpaired) electrons. The molecule has 0 amide bonds. The first kappa shape index (κ1) is 9.06. The zero-order valence-electron chi connectivity index (χ0n) is 6.00. The van der Waals surface area contributed by atoms with Gasteiger partial charge < -0.3 is 0 Å². The summed E-state index contributed by atoms with van der Waals surface area (Å²) < 4.78 is 1.20. The van der Waals surface area contributed by atoms with Crippen LogP contribution in [0.4, 0.5) is 0 Å². The molecule has 0 atom stereocenters. The Morgan fingerprint density at radius 1 is 1.55 bits per heavy atom. The van der Waals surface area contributed by atoms with E-state index in [-0.39, 0.29) is 0 Å². The Bertz CT molecular complexity index is 273. The first-order valence-electron chi connectivity index (χ1n) is 3.06. The minimum Gasteiger partial charge on any atom is -0.298 e. The van der Waals surface area contributed by atoms with Crippen LogP contribution in [0, 0.1) is 3.57 Å². The summed E-state index contributed by atoms with van der Waals surface area (Å²) in [6.07, 6.45) is 2.88. The van der Waals surface area contributed by atoms with Gasteiger partial charge in [0.05, 0.1) is 0 Å². The molecule has 1 nitrogen and oxygen atoms in total. The van der Waals surface area contributed by atoms with Crippen molar-refractivity contribution in [2.45, 2.75) is 4.90 Å². The zero-order chi connectivity index (χ0) is 8.27. The standard InChI is InChI=1S/C8H7IOS/c1-11-8-4-6(5-10)2-3-7(8)9/h2-5H,1H3. The van der Waals surface area contributed by atoms with E-state index in [0.29, 0.717) is 0 Å². The van der Waals surface area contributed by atoms with E-state index in [1.165, 1.54) is 3.57 Å². The Kier molecular flexibility index (Phi) is 3.39. The predicted octanol–water partition coefficient (Wildman–Crippen LogP) is 2.83. The molecule has 1 aromatic rings. The van der Waals surface area contributed by atoms with Gasteiger partial charge >= 0.3 is 0 Å². The van der Waals surface area contributed by atoms with Gasteiger partial charge in [-0.1, -0.05) is 6.07 Å². The molecule has 11 heavy (non-hydrogen) atoms. The molecule has 1 aromatic carbocycles. The van der Waals surface area contributed by atoms with Crippen molar-refractivity contribution in [3.63, 3.8) is 0 Å². The molecule has 0 saturated carbocycles. The van der Waals surface area contributed by atoms with E-state index in [1.54, 1.807) is 11.8 Å². The second-order valence-corrected chi connectivity index (χ2v) is 4.02. The van der Waals surface area contributed by atoms with E-state index in [4.69, 9.17) is 0 Å². The average Bonchev–Trinajstić information content (AvgIpc) is 2.05. The monoisotopic (exact) mass is 278 g/mol. The summed E-state index contributed by atoms with van der Waals surface area (Å²) in [4.78, 5) is 11.5. The Labute approximate surface area is 83.7 Å². The average molecular weight is 278 g/mol. The lowest BCUT2D eigenvalue weighted by molar-refractivity contribution is 0.112. The summed E-state index contributed by atoms with van der Waals surface area (Å²) in [5.41, 5.74) is 0.745. The third-order valence-corrected chi connectivity index (χ3v) is 3.40. The number of halogens is 1. The molecule has 0 unspecified atom stereocenters. The molecule has 0 aromatic heterocycles. The highest BCUT2D eigenvalue weighted by molar-refractivity contribution is 14.1. The first-order valence-corrected chi connectivity index (χ1v) is 5.37. The maximum atomic E-state index is 10.4. The Morgan fingerprint density at radius 3 is 2.82 bits per heavy atom. The van der Waals surface area contributed by atoms with Gasteiger partial charge in [-0.2, -0.15) is 0 Å². The topological polar surface area (TPSA) is 17.1 Å². The van der Waals surface area contributed by atoms with Crippen molar-refractivity contribution < 1.29 is 4.79 Å². The van der Waals surface area contributed by atoms with Gasteiger partial charge in [0.15, 0.2) is 0 Å². The summed E-state index contributed by atoms with van der Waals surface area (Å²) in [5, 5.41) is 0. The lowest BCUT2D eigenvalue weighted by Gasteiger charge is -1.99. The normalized spacial score (nSPS) is 9.64. The summed E-state index contributed by atoms with van der Waals surface area (Å²) in [6.45, 7) is 0. The van der Waals surface area contributed by atoms with Crippen molar-refractivity contribution in [1.82, 2.24) is 0 Å². The fourth-order valence-corrected chi connectivity index (χ4v) is 2.26. The molecule has 0 bridgehead atoms. The van der Waals surface area contributed by atoms with Crippen LogP contribution in [-0.4, -0.2) is 12.5 Å². The third kappa shape index (κ3) is 2.20. The third-order valence-electron chi connectivity index (χ3n) is 1.31. The molecular weight excluding hydrogens is 271 g/mol. The largest absolute Gasteiger partial charge is 0.298 e. The lowest BCUT2D eigenvalue weighted by atomic mass is 10.2. The number of thioether (sulfide) groups is 1. The molecule has 0 fully saturated rings. The minimum atomic E-state index is 0.745. The van der Waals surface area contributed by atoms with Gasteiger partial charge in [-0.3, -0.25) is 4.79 Å². The molecule has 0 aliphatic rings. The van der Waals surface area contributed by atoms with Crippen LogP contribution in [0.25, 0.3) is 0 Å². The quantitative estimate of drug-likeness (QED) is 0.470. The molecule has 0 aliphatic heterocycles. The highest BCUT2D eigenvalue weighted by Crippen LogP contribution is 2.22. The highest BCUT2D eigenvalue weighted by atomic mass is 127. The van der Waals surface area contributed by atoms with E-state index in [1.807, 2.05) is 24.5 Å². The van der Waals surface area contributed by atoms with Crippen LogP contribution in [0.3, 0.4) is 0 Å². The van der Waals surface area contributed by atoms with Crippen molar-refractivity contribution in [3.05, 3.63) is 27.3 Å². The van der Waals surface area contributed by atoms with Gasteiger partial charge in [-0.25, -0.2) is 0 Å². The second-order valence-electron chi connectivity index (χ2n) is 2.01. The van der Waals surface area contributed by atoms with Crippen molar-refractivity contribution in [3.8, 4) is 0 Å². The SMILES string of the molecule is CSc1cc(C=O)ccc1I. The Balaban J connectivity index is 3.12. The lowest BCUT2D eigenvalue weighted by Crippen LogP contribution is -1.83. The number of hydrogen-bond acceptors (Lipinski definition) is 2. The van der Waals surface area contributed by atoms with Gasteiger partial charge in [0, 0.05) is 14.0 Å². The summed E-state index contributed by atoms with van der Waals surface area (Å²) in [6, 6.07) is 5.68. The van der Waals surface area contributed by atoms with Crippen LogP contribution in [0.5, 0.6) is 0 Å². The van der Waals surface area contributed by atoms with Gasteiger partial charge in [0.1, 0.15) is 6.29 Å². The van der Waals surface area contributed by atoms with Crippen molar-refractivity contribution in [2.24, 2.45) is 0 Å². The van der Waals surface area contributed by atoms with E-state index < -0.39 is 0 Å².